The van der Waals surface area contributed by atoms with Crippen molar-refractivity contribution in [2.45, 2.75) is 64.3 Å². The van der Waals surface area contributed by atoms with Crippen LogP contribution in [-0.4, -0.2) is 18.0 Å². The molecule has 0 aliphatic heterocycles. The summed E-state index contributed by atoms with van der Waals surface area (Å²) in [5.41, 5.74) is 5.28. The molecule has 3 nitrogen and oxygen atoms in total. The maximum Gasteiger partial charge on any atom is 0.239 e. The monoisotopic (exact) mass is 262 g/mol. The van der Waals surface area contributed by atoms with Crippen molar-refractivity contribution in [3.8, 4) is 0 Å². The van der Waals surface area contributed by atoms with Crippen molar-refractivity contribution in [3.63, 3.8) is 0 Å². The number of rotatable bonds is 5. The van der Waals surface area contributed by atoms with E-state index in [0.29, 0.717) is 5.92 Å². The van der Waals surface area contributed by atoms with Gasteiger partial charge in [-0.25, -0.2) is 0 Å². The molecule has 1 atom stereocenters. The van der Waals surface area contributed by atoms with Gasteiger partial charge >= 0.3 is 0 Å². The highest BCUT2D eigenvalue weighted by molar-refractivity contribution is 5.85. The van der Waals surface area contributed by atoms with Crippen LogP contribution in [0.1, 0.15) is 58.8 Å². The summed E-state index contributed by atoms with van der Waals surface area (Å²) in [5, 5.41) is 3.01. The highest BCUT2D eigenvalue weighted by atomic mass is 35.5. The van der Waals surface area contributed by atoms with E-state index in [1.54, 1.807) is 0 Å². The fraction of sp³-hybridized carbons (Fsp3) is 0.923. The lowest BCUT2D eigenvalue weighted by Crippen LogP contribution is -2.52. The lowest BCUT2D eigenvalue weighted by molar-refractivity contribution is -0.126. The lowest BCUT2D eigenvalue weighted by atomic mass is 9.89. The predicted octanol–water partition coefficient (Wildman–Crippen LogP) is 2.62. The molecule has 0 saturated heterocycles. The first-order chi connectivity index (χ1) is 7.56. The first-order valence-corrected chi connectivity index (χ1v) is 6.63. The molecule has 1 fully saturated rings. The lowest BCUT2D eigenvalue weighted by Gasteiger charge is -2.26. The van der Waals surface area contributed by atoms with Crippen molar-refractivity contribution in [3.05, 3.63) is 0 Å². The Hall–Kier alpha value is -0.280. The Bertz CT molecular complexity index is 225. The highest BCUT2D eigenvalue weighted by Crippen LogP contribution is 2.22. The Morgan fingerprint density at radius 2 is 1.94 bits per heavy atom. The summed E-state index contributed by atoms with van der Waals surface area (Å²) in [4.78, 5) is 11.9. The van der Waals surface area contributed by atoms with Gasteiger partial charge in [-0.2, -0.15) is 0 Å². The second-order valence-corrected chi connectivity index (χ2v) is 5.38. The third-order valence-corrected chi connectivity index (χ3v) is 3.56. The van der Waals surface area contributed by atoms with Gasteiger partial charge in [-0.15, -0.1) is 12.4 Å². The average molecular weight is 263 g/mol. The largest absolute Gasteiger partial charge is 0.354 e. The van der Waals surface area contributed by atoms with Crippen molar-refractivity contribution in [2.24, 2.45) is 11.7 Å². The summed E-state index contributed by atoms with van der Waals surface area (Å²) in [5.74, 6) is 0.690. The molecular weight excluding hydrogens is 236 g/mol. The van der Waals surface area contributed by atoms with E-state index in [1.807, 2.05) is 6.92 Å². The SMILES string of the molecule is CCCC(C)(N)C(=O)NCC1CCCCC1.Cl. The zero-order valence-corrected chi connectivity index (χ0v) is 11.9. The molecule has 0 aromatic carbocycles. The van der Waals surface area contributed by atoms with Crippen molar-refractivity contribution < 1.29 is 4.79 Å². The molecule has 1 unspecified atom stereocenters. The Balaban J connectivity index is 0.00000256. The molecule has 4 heteroatoms. The van der Waals surface area contributed by atoms with Gasteiger partial charge < -0.3 is 11.1 Å². The van der Waals surface area contributed by atoms with Crippen LogP contribution in [0.5, 0.6) is 0 Å². The summed E-state index contributed by atoms with van der Waals surface area (Å²) in [6.07, 6.45) is 8.21. The number of nitrogens with one attached hydrogen (secondary N) is 1. The van der Waals surface area contributed by atoms with Crippen LogP contribution in [0.4, 0.5) is 0 Å². The van der Waals surface area contributed by atoms with Crippen molar-refractivity contribution in [1.82, 2.24) is 5.32 Å². The molecule has 1 aliphatic carbocycles. The smallest absolute Gasteiger partial charge is 0.239 e. The number of hydrogen-bond acceptors (Lipinski definition) is 2. The van der Waals surface area contributed by atoms with Crippen LogP contribution in [0, 0.1) is 5.92 Å². The van der Waals surface area contributed by atoms with E-state index in [-0.39, 0.29) is 18.3 Å². The van der Waals surface area contributed by atoms with E-state index >= 15 is 0 Å². The predicted molar refractivity (Wildman–Crippen MR) is 74.3 cm³/mol. The van der Waals surface area contributed by atoms with Gasteiger partial charge in [0.15, 0.2) is 0 Å². The maximum absolute atomic E-state index is 11.9. The molecule has 1 amide bonds. The van der Waals surface area contributed by atoms with E-state index in [0.717, 1.165) is 19.4 Å². The first-order valence-electron chi connectivity index (χ1n) is 6.63. The van der Waals surface area contributed by atoms with Gasteiger partial charge in [0.1, 0.15) is 0 Å². The quantitative estimate of drug-likeness (QED) is 0.800. The zero-order chi connectivity index (χ0) is 12.0. The Morgan fingerprint density at radius 1 is 1.35 bits per heavy atom. The number of halogens is 1. The van der Waals surface area contributed by atoms with Gasteiger partial charge in [-0.05, 0) is 32.1 Å². The van der Waals surface area contributed by atoms with Crippen LogP contribution in [-0.2, 0) is 4.79 Å². The molecule has 17 heavy (non-hydrogen) atoms. The molecule has 1 saturated carbocycles. The summed E-state index contributed by atoms with van der Waals surface area (Å²) >= 11 is 0. The van der Waals surface area contributed by atoms with Gasteiger partial charge in [0, 0.05) is 6.54 Å². The van der Waals surface area contributed by atoms with Crippen molar-refractivity contribution in [1.29, 1.82) is 0 Å². The summed E-state index contributed by atoms with van der Waals surface area (Å²) in [6, 6.07) is 0. The van der Waals surface area contributed by atoms with Gasteiger partial charge in [0.2, 0.25) is 5.91 Å². The topological polar surface area (TPSA) is 55.1 Å². The van der Waals surface area contributed by atoms with Crippen LogP contribution in [0.25, 0.3) is 0 Å². The van der Waals surface area contributed by atoms with Crippen LogP contribution in [0.15, 0.2) is 0 Å². The minimum atomic E-state index is -0.691. The second-order valence-electron chi connectivity index (χ2n) is 5.38. The average Bonchev–Trinajstić information content (AvgIpc) is 2.27. The van der Waals surface area contributed by atoms with Crippen LogP contribution in [0.2, 0.25) is 0 Å². The fourth-order valence-corrected chi connectivity index (χ4v) is 2.46. The third-order valence-electron chi connectivity index (χ3n) is 3.56. The van der Waals surface area contributed by atoms with Gasteiger partial charge in [-0.3, -0.25) is 4.79 Å². The number of carbonyl (C=O) groups is 1. The second kappa shape index (κ2) is 7.93. The molecule has 3 N–H and O–H groups in total. The van der Waals surface area contributed by atoms with Crippen molar-refractivity contribution in [2.75, 3.05) is 6.54 Å². The summed E-state index contributed by atoms with van der Waals surface area (Å²) in [6.45, 7) is 4.70. The third kappa shape index (κ3) is 5.73. The first kappa shape index (κ1) is 16.7. The zero-order valence-electron chi connectivity index (χ0n) is 11.1. The number of nitrogens with two attached hydrogens (primary N) is 1. The van der Waals surface area contributed by atoms with Gasteiger partial charge in [-0.1, -0.05) is 32.6 Å². The Morgan fingerprint density at radius 3 is 2.47 bits per heavy atom. The fourth-order valence-electron chi connectivity index (χ4n) is 2.46. The number of carbonyl (C=O) groups excluding carboxylic acids is 1. The molecule has 0 radical (unpaired) electrons. The van der Waals surface area contributed by atoms with E-state index in [9.17, 15) is 4.79 Å². The van der Waals surface area contributed by atoms with Crippen LogP contribution in [0.3, 0.4) is 0 Å². The maximum atomic E-state index is 11.9. The Kier molecular flexibility index (Phi) is 7.80. The molecule has 0 aromatic rings. The van der Waals surface area contributed by atoms with E-state index < -0.39 is 5.54 Å². The van der Waals surface area contributed by atoms with E-state index in [4.69, 9.17) is 5.73 Å². The number of hydrogen-bond donors (Lipinski definition) is 2. The highest BCUT2D eigenvalue weighted by Gasteiger charge is 2.27. The Labute approximate surface area is 111 Å². The molecule has 102 valence electrons. The molecule has 1 rings (SSSR count). The van der Waals surface area contributed by atoms with E-state index in [1.165, 1.54) is 32.1 Å². The minimum absolute atomic E-state index is 0. The van der Waals surface area contributed by atoms with Gasteiger partial charge in [0.25, 0.3) is 0 Å². The molecular formula is C13H27ClN2O. The molecule has 0 heterocycles. The standard InChI is InChI=1S/C13H26N2O.ClH/c1-3-9-13(2,14)12(16)15-10-11-7-5-4-6-8-11;/h11H,3-10,14H2,1-2H3,(H,15,16);1H. The molecule has 0 spiro atoms. The van der Waals surface area contributed by atoms with Crippen molar-refractivity contribution >= 4 is 18.3 Å². The van der Waals surface area contributed by atoms with Crippen LogP contribution < -0.4 is 11.1 Å². The summed E-state index contributed by atoms with van der Waals surface area (Å²) < 4.78 is 0. The van der Waals surface area contributed by atoms with E-state index in [2.05, 4.69) is 12.2 Å². The number of amides is 1. The molecule has 1 aliphatic rings. The normalized spacial score (nSPS) is 20.2. The minimum Gasteiger partial charge on any atom is -0.354 e. The molecule has 0 aromatic heterocycles. The summed E-state index contributed by atoms with van der Waals surface area (Å²) in [7, 11) is 0. The van der Waals surface area contributed by atoms with Crippen LogP contribution >= 0.6 is 12.4 Å². The molecule has 0 bridgehead atoms. The van der Waals surface area contributed by atoms with Gasteiger partial charge in [0.05, 0.1) is 5.54 Å².